The van der Waals surface area contributed by atoms with Crippen LogP contribution in [0.3, 0.4) is 0 Å². The van der Waals surface area contributed by atoms with Gasteiger partial charge in [-0.25, -0.2) is 0 Å². The molecule has 9 heteroatoms. The summed E-state index contributed by atoms with van der Waals surface area (Å²) in [5.41, 5.74) is 0.822. The SMILES string of the molecule is CCNC(=NCC1(c2cccc(C(F)(F)F)c2)CCC1)N1CCOC(c2cnn(C)c2)C1. The topological polar surface area (TPSA) is 54.7 Å². The van der Waals surface area contributed by atoms with Crippen molar-refractivity contribution in [1.82, 2.24) is 20.0 Å². The second kappa shape index (κ2) is 9.13. The number of guanidine groups is 1. The molecule has 1 N–H and O–H groups in total. The molecule has 1 atom stereocenters. The zero-order chi connectivity index (χ0) is 22.8. The molecule has 1 aromatic carbocycles. The van der Waals surface area contributed by atoms with Crippen LogP contribution in [0.5, 0.6) is 0 Å². The molecule has 1 saturated carbocycles. The highest BCUT2D eigenvalue weighted by Crippen LogP contribution is 2.45. The minimum Gasteiger partial charge on any atom is -0.370 e. The number of aromatic nitrogens is 2. The van der Waals surface area contributed by atoms with Gasteiger partial charge in [0.15, 0.2) is 5.96 Å². The van der Waals surface area contributed by atoms with E-state index >= 15 is 0 Å². The average molecular weight is 450 g/mol. The second-order valence-electron chi connectivity index (χ2n) is 8.64. The first-order valence-corrected chi connectivity index (χ1v) is 11.1. The smallest absolute Gasteiger partial charge is 0.370 e. The highest BCUT2D eigenvalue weighted by atomic mass is 19.4. The van der Waals surface area contributed by atoms with Crippen molar-refractivity contribution in [2.45, 2.75) is 43.9 Å². The van der Waals surface area contributed by atoms with Crippen LogP contribution in [-0.2, 0) is 23.4 Å². The molecular weight excluding hydrogens is 419 g/mol. The lowest BCUT2D eigenvalue weighted by Crippen LogP contribution is -2.49. The molecule has 2 heterocycles. The monoisotopic (exact) mass is 449 g/mol. The van der Waals surface area contributed by atoms with Crippen LogP contribution in [0.1, 0.15) is 49.0 Å². The van der Waals surface area contributed by atoms with Gasteiger partial charge >= 0.3 is 6.18 Å². The number of aryl methyl sites for hydroxylation is 1. The van der Waals surface area contributed by atoms with E-state index in [1.165, 1.54) is 12.1 Å². The molecule has 174 valence electrons. The van der Waals surface area contributed by atoms with E-state index in [9.17, 15) is 13.2 Å². The average Bonchev–Trinajstić information content (AvgIpc) is 3.18. The summed E-state index contributed by atoms with van der Waals surface area (Å²) in [7, 11) is 1.88. The normalized spacial score (nSPS) is 21.3. The molecule has 1 saturated heterocycles. The van der Waals surface area contributed by atoms with Crippen molar-refractivity contribution in [2.24, 2.45) is 12.0 Å². The summed E-state index contributed by atoms with van der Waals surface area (Å²) >= 11 is 0. The van der Waals surface area contributed by atoms with E-state index in [1.807, 2.05) is 32.4 Å². The number of halogens is 3. The van der Waals surface area contributed by atoms with Crippen molar-refractivity contribution >= 4 is 5.96 Å². The van der Waals surface area contributed by atoms with Crippen molar-refractivity contribution in [2.75, 3.05) is 32.8 Å². The Bertz CT molecular complexity index is 951. The van der Waals surface area contributed by atoms with Gasteiger partial charge in [0, 0.05) is 37.3 Å². The van der Waals surface area contributed by atoms with Gasteiger partial charge in [0.1, 0.15) is 6.10 Å². The third-order valence-corrected chi connectivity index (χ3v) is 6.44. The minimum atomic E-state index is -4.34. The lowest BCUT2D eigenvalue weighted by atomic mass is 9.64. The van der Waals surface area contributed by atoms with Crippen LogP contribution in [-0.4, -0.2) is 53.4 Å². The molecule has 6 nitrogen and oxygen atoms in total. The number of nitrogens with one attached hydrogen (secondary N) is 1. The zero-order valence-electron chi connectivity index (χ0n) is 18.5. The van der Waals surface area contributed by atoms with Gasteiger partial charge in [-0.2, -0.15) is 18.3 Å². The van der Waals surface area contributed by atoms with Gasteiger partial charge in [-0.1, -0.05) is 24.6 Å². The van der Waals surface area contributed by atoms with Gasteiger partial charge in [0.2, 0.25) is 0 Å². The molecule has 0 bridgehead atoms. The molecule has 32 heavy (non-hydrogen) atoms. The van der Waals surface area contributed by atoms with E-state index in [0.29, 0.717) is 32.8 Å². The van der Waals surface area contributed by atoms with Crippen molar-refractivity contribution in [1.29, 1.82) is 0 Å². The fourth-order valence-electron chi connectivity index (χ4n) is 4.47. The number of morpholine rings is 1. The first-order valence-electron chi connectivity index (χ1n) is 11.1. The van der Waals surface area contributed by atoms with E-state index < -0.39 is 11.7 Å². The van der Waals surface area contributed by atoms with Gasteiger partial charge in [0.25, 0.3) is 0 Å². The first kappa shape index (κ1) is 22.6. The Morgan fingerprint density at radius 3 is 2.78 bits per heavy atom. The molecule has 1 aliphatic carbocycles. The third kappa shape index (κ3) is 4.77. The Balaban J connectivity index is 1.53. The minimum absolute atomic E-state index is 0.0950. The van der Waals surface area contributed by atoms with Crippen LogP contribution in [0.4, 0.5) is 13.2 Å². The molecular formula is C23H30F3N5O. The highest BCUT2D eigenvalue weighted by molar-refractivity contribution is 5.80. The van der Waals surface area contributed by atoms with Crippen LogP contribution in [0, 0.1) is 0 Å². The van der Waals surface area contributed by atoms with Crippen LogP contribution in [0.2, 0.25) is 0 Å². The number of nitrogens with zero attached hydrogens (tertiary/aromatic N) is 4. The summed E-state index contributed by atoms with van der Waals surface area (Å²) in [5, 5.41) is 7.59. The molecule has 0 spiro atoms. The number of hydrogen-bond donors (Lipinski definition) is 1. The molecule has 2 aliphatic rings. The van der Waals surface area contributed by atoms with Gasteiger partial charge < -0.3 is 15.0 Å². The highest BCUT2D eigenvalue weighted by Gasteiger charge is 2.40. The molecule has 1 aliphatic heterocycles. The Hall–Kier alpha value is -2.55. The van der Waals surface area contributed by atoms with Crippen molar-refractivity contribution < 1.29 is 17.9 Å². The molecule has 1 aromatic heterocycles. The summed E-state index contributed by atoms with van der Waals surface area (Å²) in [6.45, 7) is 5.12. The van der Waals surface area contributed by atoms with Gasteiger partial charge in [-0.15, -0.1) is 0 Å². The Morgan fingerprint density at radius 1 is 1.34 bits per heavy atom. The maximum Gasteiger partial charge on any atom is 0.416 e. The lowest BCUT2D eigenvalue weighted by Gasteiger charge is -2.42. The number of alkyl halides is 3. The van der Waals surface area contributed by atoms with Crippen molar-refractivity contribution in [3.05, 3.63) is 53.3 Å². The van der Waals surface area contributed by atoms with Crippen molar-refractivity contribution in [3.8, 4) is 0 Å². The van der Waals surface area contributed by atoms with E-state index in [0.717, 1.165) is 42.4 Å². The van der Waals surface area contributed by atoms with Crippen LogP contribution < -0.4 is 5.32 Å². The summed E-state index contributed by atoms with van der Waals surface area (Å²) in [6.07, 6.45) is 2.03. The second-order valence-corrected chi connectivity index (χ2v) is 8.64. The molecule has 0 amide bonds. The summed E-state index contributed by atoms with van der Waals surface area (Å²) in [5.74, 6) is 0.781. The van der Waals surface area contributed by atoms with E-state index in [-0.39, 0.29) is 11.5 Å². The maximum atomic E-state index is 13.3. The molecule has 4 rings (SSSR count). The fraction of sp³-hybridized carbons (Fsp3) is 0.565. The third-order valence-electron chi connectivity index (χ3n) is 6.44. The number of benzene rings is 1. The maximum absolute atomic E-state index is 13.3. The molecule has 1 unspecified atom stereocenters. The predicted molar refractivity (Wildman–Crippen MR) is 116 cm³/mol. The standard InChI is InChI=1S/C23H30F3N5O/c1-3-27-21(31-10-11-32-20(15-31)17-13-29-30(2)14-17)28-16-22(8-5-9-22)18-6-4-7-19(12-18)23(24,25)26/h4,6-7,12-14,20H,3,5,8-11,15-16H2,1-2H3,(H,27,28). The Kier molecular flexibility index (Phi) is 6.46. The van der Waals surface area contributed by atoms with Gasteiger partial charge in [0.05, 0.1) is 31.5 Å². The van der Waals surface area contributed by atoms with E-state index in [2.05, 4.69) is 15.3 Å². The number of hydrogen-bond acceptors (Lipinski definition) is 3. The molecule has 2 fully saturated rings. The summed E-state index contributed by atoms with van der Waals surface area (Å²) in [4.78, 5) is 7.08. The van der Waals surface area contributed by atoms with Gasteiger partial charge in [-0.05, 0) is 31.4 Å². The number of rotatable bonds is 5. The van der Waals surface area contributed by atoms with E-state index in [4.69, 9.17) is 9.73 Å². The summed E-state index contributed by atoms with van der Waals surface area (Å²) < 4.78 is 47.5. The largest absolute Gasteiger partial charge is 0.416 e. The van der Waals surface area contributed by atoms with Crippen LogP contribution in [0.25, 0.3) is 0 Å². The summed E-state index contributed by atoms with van der Waals surface area (Å²) in [6, 6.07) is 5.75. The quantitative estimate of drug-likeness (QED) is 0.556. The van der Waals surface area contributed by atoms with Gasteiger partial charge in [-0.3, -0.25) is 9.67 Å². The number of ether oxygens (including phenoxy) is 1. The van der Waals surface area contributed by atoms with Crippen LogP contribution >= 0.6 is 0 Å². The predicted octanol–water partition coefficient (Wildman–Crippen LogP) is 3.90. The number of aliphatic imine (C=N–C) groups is 1. The molecule has 0 radical (unpaired) electrons. The lowest BCUT2D eigenvalue weighted by molar-refractivity contribution is -0.137. The van der Waals surface area contributed by atoms with Crippen molar-refractivity contribution in [3.63, 3.8) is 0 Å². The Labute approximate surface area is 186 Å². The van der Waals surface area contributed by atoms with E-state index in [1.54, 1.807) is 4.68 Å². The first-order chi connectivity index (χ1) is 15.3. The fourth-order valence-corrected chi connectivity index (χ4v) is 4.47. The Morgan fingerprint density at radius 2 is 2.16 bits per heavy atom. The molecule has 2 aromatic rings. The van der Waals surface area contributed by atoms with Crippen LogP contribution in [0.15, 0.2) is 41.7 Å². The zero-order valence-corrected chi connectivity index (χ0v) is 18.5.